The van der Waals surface area contributed by atoms with Gasteiger partial charge in [0.25, 0.3) is 5.91 Å². The smallest absolute Gasteiger partial charge is 0.262 e. The second kappa shape index (κ2) is 7.32. The lowest BCUT2D eigenvalue weighted by Gasteiger charge is -2.18. The molecule has 0 aliphatic rings. The topological polar surface area (TPSA) is 46.3 Å². The molecule has 3 heterocycles. The summed E-state index contributed by atoms with van der Waals surface area (Å²) in [4.78, 5) is 19.3. The molecule has 0 aliphatic heterocycles. The predicted octanol–water partition coefficient (Wildman–Crippen LogP) is 6.87. The fourth-order valence-corrected chi connectivity index (χ4v) is 5.38. The van der Waals surface area contributed by atoms with E-state index in [1.807, 2.05) is 24.3 Å². The number of anilines is 1. The zero-order valence-corrected chi connectivity index (χ0v) is 17.6. The number of halogens is 3. The van der Waals surface area contributed by atoms with Crippen LogP contribution in [-0.4, -0.2) is 10.9 Å². The molecule has 1 aromatic carbocycles. The Kier molecular flexibility index (Phi) is 5.07. The largest absolute Gasteiger partial charge is 0.467 e. The quantitative estimate of drug-likeness (QED) is 0.315. The number of nitrogens with zero attached hydrogens (tertiary/aromatic N) is 2. The number of hydrogen-bond donors (Lipinski definition) is 0. The van der Waals surface area contributed by atoms with Crippen LogP contribution < -0.4 is 4.90 Å². The Balaban J connectivity index is 1.78. The minimum Gasteiger partial charge on any atom is -0.467 e. The van der Waals surface area contributed by atoms with Crippen LogP contribution in [0, 0.1) is 0 Å². The molecule has 4 nitrogen and oxygen atoms in total. The summed E-state index contributed by atoms with van der Waals surface area (Å²) in [5, 5.41) is 0.567. The summed E-state index contributed by atoms with van der Waals surface area (Å²) in [7, 11) is 0. The van der Waals surface area contributed by atoms with E-state index in [1.54, 1.807) is 23.3 Å². The van der Waals surface area contributed by atoms with Gasteiger partial charge >= 0.3 is 0 Å². The van der Waals surface area contributed by atoms with Crippen molar-refractivity contribution in [3.63, 3.8) is 0 Å². The van der Waals surface area contributed by atoms with Gasteiger partial charge in [-0.2, -0.15) is 0 Å². The van der Waals surface area contributed by atoms with Crippen LogP contribution in [0.5, 0.6) is 0 Å². The molecule has 4 rings (SSSR count). The van der Waals surface area contributed by atoms with Gasteiger partial charge in [-0.1, -0.05) is 50.5 Å². The SMILES string of the molecule is O=C(c1cc(Cl)sc1Cl)N(Cc1ccco1)c1nc2ccc(Br)cc2s1. The Bertz CT molecular complexity index is 1090. The second-order valence-electron chi connectivity index (χ2n) is 5.32. The number of carbonyl (C=O) groups is 1. The second-order valence-corrected chi connectivity index (χ2v) is 9.53. The molecular weight excluding hydrogens is 479 g/mol. The lowest BCUT2D eigenvalue weighted by molar-refractivity contribution is 0.0984. The van der Waals surface area contributed by atoms with Gasteiger partial charge in [0.05, 0.1) is 32.9 Å². The van der Waals surface area contributed by atoms with Crippen molar-refractivity contribution in [3.8, 4) is 0 Å². The molecule has 3 aromatic heterocycles. The molecule has 26 heavy (non-hydrogen) atoms. The molecular formula is C17H9BrCl2N2O2S2. The molecule has 1 amide bonds. The van der Waals surface area contributed by atoms with Gasteiger partial charge in [0.2, 0.25) is 0 Å². The average molecular weight is 488 g/mol. The maximum atomic E-state index is 13.2. The summed E-state index contributed by atoms with van der Waals surface area (Å²) in [6, 6.07) is 11.0. The predicted molar refractivity (Wildman–Crippen MR) is 111 cm³/mol. The van der Waals surface area contributed by atoms with Crippen molar-refractivity contribution in [1.29, 1.82) is 0 Å². The molecule has 0 N–H and O–H groups in total. The molecule has 0 fully saturated rings. The van der Waals surface area contributed by atoms with Gasteiger partial charge in [-0.25, -0.2) is 4.98 Å². The summed E-state index contributed by atoms with van der Waals surface area (Å²) in [5.74, 6) is 0.379. The minimum atomic E-state index is -0.271. The van der Waals surface area contributed by atoms with E-state index in [-0.39, 0.29) is 12.5 Å². The highest BCUT2D eigenvalue weighted by atomic mass is 79.9. The zero-order chi connectivity index (χ0) is 18.3. The molecule has 9 heteroatoms. The molecule has 0 aliphatic carbocycles. The van der Waals surface area contributed by atoms with Crippen molar-refractivity contribution in [2.24, 2.45) is 0 Å². The fraction of sp³-hybridized carbons (Fsp3) is 0.0588. The normalized spacial score (nSPS) is 11.2. The van der Waals surface area contributed by atoms with E-state index in [0.717, 1.165) is 26.0 Å². The molecule has 4 aromatic rings. The Hall–Kier alpha value is -1.38. The first-order valence-corrected chi connectivity index (χ1v) is 10.5. The third-order valence-electron chi connectivity index (χ3n) is 3.60. The Morgan fingerprint density at radius 2 is 2.08 bits per heavy atom. The van der Waals surface area contributed by atoms with E-state index in [1.165, 1.54) is 11.3 Å². The summed E-state index contributed by atoms with van der Waals surface area (Å²) in [5.41, 5.74) is 1.17. The minimum absolute atomic E-state index is 0.247. The van der Waals surface area contributed by atoms with Crippen molar-refractivity contribution in [1.82, 2.24) is 4.98 Å². The van der Waals surface area contributed by atoms with Crippen molar-refractivity contribution >= 4 is 83.1 Å². The highest BCUT2D eigenvalue weighted by Crippen LogP contribution is 2.36. The summed E-state index contributed by atoms with van der Waals surface area (Å²) in [6.45, 7) is 0.247. The molecule has 0 bridgehead atoms. The first-order chi connectivity index (χ1) is 12.5. The zero-order valence-electron chi connectivity index (χ0n) is 12.9. The van der Waals surface area contributed by atoms with E-state index in [9.17, 15) is 4.79 Å². The van der Waals surface area contributed by atoms with Gasteiger partial charge in [0.15, 0.2) is 5.13 Å². The van der Waals surface area contributed by atoms with Crippen LogP contribution >= 0.6 is 61.8 Å². The summed E-state index contributed by atoms with van der Waals surface area (Å²) in [6.07, 6.45) is 1.57. The Labute approximate surface area is 175 Å². The average Bonchev–Trinajstić information content (AvgIpc) is 3.31. The number of fused-ring (bicyclic) bond motifs is 1. The third-order valence-corrected chi connectivity index (χ3v) is 6.62. The van der Waals surface area contributed by atoms with E-state index in [0.29, 0.717) is 25.1 Å². The van der Waals surface area contributed by atoms with Crippen LogP contribution in [0.3, 0.4) is 0 Å². The number of hydrogen-bond acceptors (Lipinski definition) is 5. The van der Waals surface area contributed by atoms with Gasteiger partial charge < -0.3 is 4.42 Å². The van der Waals surface area contributed by atoms with Crippen LogP contribution in [-0.2, 0) is 6.54 Å². The third kappa shape index (κ3) is 3.54. The van der Waals surface area contributed by atoms with Crippen LogP contribution in [0.25, 0.3) is 10.2 Å². The van der Waals surface area contributed by atoms with E-state index < -0.39 is 0 Å². The van der Waals surface area contributed by atoms with Crippen molar-refractivity contribution in [2.45, 2.75) is 6.54 Å². The van der Waals surface area contributed by atoms with Crippen LogP contribution in [0.1, 0.15) is 16.1 Å². The lowest BCUT2D eigenvalue weighted by Crippen LogP contribution is -2.30. The van der Waals surface area contributed by atoms with Crippen molar-refractivity contribution < 1.29 is 9.21 Å². The number of thiophene rings is 1. The van der Waals surface area contributed by atoms with Crippen LogP contribution in [0.2, 0.25) is 8.67 Å². The maximum absolute atomic E-state index is 13.2. The monoisotopic (exact) mass is 486 g/mol. The summed E-state index contributed by atoms with van der Waals surface area (Å²) < 4.78 is 8.17. The van der Waals surface area contributed by atoms with E-state index in [4.69, 9.17) is 27.6 Å². The molecule has 0 saturated heterocycles. The van der Waals surface area contributed by atoms with Crippen molar-refractivity contribution in [2.75, 3.05) is 4.90 Å². The van der Waals surface area contributed by atoms with E-state index >= 15 is 0 Å². The first kappa shape index (κ1) is 18.0. The van der Waals surface area contributed by atoms with Gasteiger partial charge in [-0.3, -0.25) is 9.69 Å². The Morgan fingerprint density at radius 1 is 1.23 bits per heavy atom. The molecule has 132 valence electrons. The molecule has 0 spiro atoms. The number of amides is 1. The maximum Gasteiger partial charge on any atom is 0.262 e. The molecule has 0 saturated carbocycles. The highest BCUT2D eigenvalue weighted by molar-refractivity contribution is 9.10. The number of aromatic nitrogens is 1. The standard InChI is InChI=1S/C17H9BrCl2N2O2S2/c18-9-3-4-12-13(6-9)25-17(21-12)22(8-10-2-1-5-24-10)16(23)11-7-14(19)26-15(11)20/h1-7H,8H2. The number of thiazole rings is 1. The van der Waals surface area contributed by atoms with Gasteiger partial charge in [-0.05, 0) is 36.4 Å². The van der Waals surface area contributed by atoms with Crippen molar-refractivity contribution in [3.05, 3.63) is 67.1 Å². The van der Waals surface area contributed by atoms with Gasteiger partial charge in [0.1, 0.15) is 10.1 Å². The first-order valence-electron chi connectivity index (χ1n) is 7.36. The number of carbonyl (C=O) groups excluding carboxylic acids is 1. The molecule has 0 atom stereocenters. The molecule has 0 unspecified atom stereocenters. The number of rotatable bonds is 4. The van der Waals surface area contributed by atoms with Gasteiger partial charge in [0, 0.05) is 4.47 Å². The van der Waals surface area contributed by atoms with Gasteiger partial charge in [-0.15, -0.1) is 11.3 Å². The number of furan rings is 1. The van der Waals surface area contributed by atoms with Crippen LogP contribution in [0.15, 0.2) is 51.6 Å². The van der Waals surface area contributed by atoms with E-state index in [2.05, 4.69) is 20.9 Å². The Morgan fingerprint density at radius 3 is 2.77 bits per heavy atom. The number of benzene rings is 1. The molecule has 0 radical (unpaired) electrons. The lowest BCUT2D eigenvalue weighted by atomic mass is 10.3. The highest BCUT2D eigenvalue weighted by Gasteiger charge is 2.26. The summed E-state index contributed by atoms with van der Waals surface area (Å²) >= 11 is 18.3. The fourth-order valence-electron chi connectivity index (χ4n) is 2.42. The van der Waals surface area contributed by atoms with Crippen LogP contribution in [0.4, 0.5) is 5.13 Å².